The van der Waals surface area contributed by atoms with Gasteiger partial charge in [0.05, 0.1) is 12.0 Å². The molecule has 0 unspecified atom stereocenters. The normalized spacial score (nSPS) is 20.1. The largest absolute Gasteiger partial charge is 0.395 e. The molecule has 0 atom stereocenters. The van der Waals surface area contributed by atoms with Gasteiger partial charge < -0.3 is 10.8 Å². The lowest BCUT2D eigenvalue weighted by Gasteiger charge is -2.04. The summed E-state index contributed by atoms with van der Waals surface area (Å²) in [7, 11) is 0. The maximum absolute atomic E-state index is 10.8. The zero-order valence-corrected chi connectivity index (χ0v) is 5.46. The molecule has 1 aliphatic rings. The summed E-state index contributed by atoms with van der Waals surface area (Å²) in [5, 5.41) is 8.65. The van der Waals surface area contributed by atoms with Gasteiger partial charge in [-0.15, -0.1) is 0 Å². The van der Waals surface area contributed by atoms with Crippen LogP contribution in [0.3, 0.4) is 0 Å². The van der Waals surface area contributed by atoms with E-state index in [1.807, 2.05) is 0 Å². The van der Waals surface area contributed by atoms with E-state index < -0.39 is 17.1 Å². The van der Waals surface area contributed by atoms with E-state index in [-0.39, 0.29) is 6.61 Å². The van der Waals surface area contributed by atoms with Gasteiger partial charge in [0.25, 0.3) is 5.91 Å². The number of nitrogens with two attached hydrogens (primary N) is 1. The maximum Gasteiger partial charge on any atom is 0.285 e. The Balaban J connectivity index is 2.65. The van der Waals surface area contributed by atoms with Gasteiger partial charge in [0.15, 0.2) is 0 Å². The second-order valence-electron chi connectivity index (χ2n) is 2.63. The van der Waals surface area contributed by atoms with Crippen molar-refractivity contribution in [3.63, 3.8) is 0 Å². The van der Waals surface area contributed by atoms with E-state index in [0.29, 0.717) is 12.8 Å². The molecule has 4 heteroatoms. The molecule has 1 amide bonds. The molecule has 0 radical (unpaired) electrons. The number of carbonyl (C=O) groups is 2. The van der Waals surface area contributed by atoms with E-state index >= 15 is 0 Å². The number of aliphatic hydroxyl groups excluding tert-OH is 1. The van der Waals surface area contributed by atoms with Crippen molar-refractivity contribution in [3.8, 4) is 0 Å². The quantitative estimate of drug-likeness (QED) is 0.487. The highest BCUT2D eigenvalue weighted by molar-refractivity contribution is 6.38. The topological polar surface area (TPSA) is 80.4 Å². The number of primary amides is 1. The fourth-order valence-corrected chi connectivity index (χ4v) is 0.869. The Bertz CT molecular complexity index is 183. The minimum atomic E-state index is -0.938. The molecule has 4 nitrogen and oxygen atoms in total. The molecule has 56 valence electrons. The highest BCUT2D eigenvalue weighted by Gasteiger charge is 2.51. The second-order valence-corrected chi connectivity index (χ2v) is 2.63. The van der Waals surface area contributed by atoms with E-state index in [0.717, 1.165) is 0 Å². The van der Waals surface area contributed by atoms with Gasteiger partial charge in [0, 0.05) is 0 Å². The van der Waals surface area contributed by atoms with Crippen molar-refractivity contribution in [1.82, 2.24) is 0 Å². The highest BCUT2D eigenvalue weighted by atomic mass is 16.3. The number of amides is 1. The van der Waals surface area contributed by atoms with E-state index in [1.165, 1.54) is 0 Å². The minimum Gasteiger partial charge on any atom is -0.395 e. The Kier molecular flexibility index (Phi) is 1.48. The smallest absolute Gasteiger partial charge is 0.285 e. The molecule has 0 saturated heterocycles. The standard InChI is InChI=1S/C6H9NO3/c7-5(10)4(9)6(3-8)1-2-6/h8H,1-3H2,(H2,7,10). The Labute approximate surface area is 58.0 Å². The summed E-state index contributed by atoms with van der Waals surface area (Å²) in [5.41, 5.74) is 3.95. The summed E-state index contributed by atoms with van der Waals surface area (Å²) in [6.45, 7) is -0.255. The van der Waals surface area contributed by atoms with Gasteiger partial charge >= 0.3 is 0 Å². The Morgan fingerprint density at radius 2 is 2.00 bits per heavy atom. The third-order valence-electron chi connectivity index (χ3n) is 1.86. The van der Waals surface area contributed by atoms with Crippen LogP contribution in [0.1, 0.15) is 12.8 Å². The zero-order valence-electron chi connectivity index (χ0n) is 5.46. The lowest BCUT2D eigenvalue weighted by atomic mass is 10.0. The van der Waals surface area contributed by atoms with Crippen LogP contribution in [0.15, 0.2) is 0 Å². The highest BCUT2D eigenvalue weighted by Crippen LogP contribution is 2.45. The van der Waals surface area contributed by atoms with Crippen molar-refractivity contribution in [2.45, 2.75) is 12.8 Å². The molecule has 10 heavy (non-hydrogen) atoms. The molecule has 3 N–H and O–H groups in total. The molecule has 0 heterocycles. The summed E-state index contributed by atoms with van der Waals surface area (Å²) in [6.07, 6.45) is 1.18. The van der Waals surface area contributed by atoms with E-state index in [9.17, 15) is 9.59 Å². The third-order valence-corrected chi connectivity index (χ3v) is 1.86. The molecule has 0 aromatic carbocycles. The second kappa shape index (κ2) is 2.05. The molecule has 1 saturated carbocycles. The van der Waals surface area contributed by atoms with Crippen molar-refractivity contribution in [3.05, 3.63) is 0 Å². The summed E-state index contributed by atoms with van der Waals surface area (Å²) in [5.74, 6) is -1.57. The molecular weight excluding hydrogens is 134 g/mol. The number of hydrogen-bond donors (Lipinski definition) is 2. The van der Waals surface area contributed by atoms with Gasteiger partial charge in [0.2, 0.25) is 5.78 Å². The first kappa shape index (κ1) is 7.21. The molecule has 1 fully saturated rings. The average molecular weight is 143 g/mol. The van der Waals surface area contributed by atoms with Crippen molar-refractivity contribution in [2.24, 2.45) is 11.1 Å². The van der Waals surface area contributed by atoms with Crippen molar-refractivity contribution < 1.29 is 14.7 Å². The number of carbonyl (C=O) groups excluding carboxylic acids is 2. The van der Waals surface area contributed by atoms with Crippen molar-refractivity contribution in [1.29, 1.82) is 0 Å². The summed E-state index contributed by atoms with van der Waals surface area (Å²) < 4.78 is 0. The van der Waals surface area contributed by atoms with Crippen LogP contribution < -0.4 is 5.73 Å². The van der Waals surface area contributed by atoms with Gasteiger partial charge in [-0.25, -0.2) is 0 Å². The van der Waals surface area contributed by atoms with Crippen molar-refractivity contribution >= 4 is 11.7 Å². The van der Waals surface area contributed by atoms with Gasteiger partial charge in [0.1, 0.15) is 0 Å². The molecule has 0 aromatic rings. The molecule has 0 bridgehead atoms. The monoisotopic (exact) mass is 143 g/mol. The first-order valence-electron chi connectivity index (χ1n) is 3.07. The number of Topliss-reactive ketones (excluding diaryl/α,β-unsaturated/α-hetero) is 1. The molecule has 1 aliphatic carbocycles. The predicted molar refractivity (Wildman–Crippen MR) is 33.0 cm³/mol. The molecule has 0 aromatic heterocycles. The van der Waals surface area contributed by atoms with Crippen LogP contribution in [-0.2, 0) is 9.59 Å². The predicted octanol–water partition coefficient (Wildman–Crippen LogP) is -1.19. The molecule has 0 spiro atoms. The van der Waals surface area contributed by atoms with Crippen LogP contribution in [0.2, 0.25) is 0 Å². The maximum atomic E-state index is 10.8. The van der Waals surface area contributed by atoms with Gasteiger partial charge in [-0.1, -0.05) is 0 Å². The van der Waals surface area contributed by atoms with Crippen LogP contribution in [0.4, 0.5) is 0 Å². The van der Waals surface area contributed by atoms with E-state index in [4.69, 9.17) is 10.8 Å². The SMILES string of the molecule is NC(=O)C(=O)C1(CO)CC1. The van der Waals surface area contributed by atoms with Crippen LogP contribution in [0, 0.1) is 5.41 Å². The number of hydrogen-bond acceptors (Lipinski definition) is 3. The summed E-state index contributed by atoms with van der Waals surface area (Å²) in [6, 6.07) is 0. The Morgan fingerprint density at radius 1 is 1.50 bits per heavy atom. The summed E-state index contributed by atoms with van der Waals surface area (Å²) >= 11 is 0. The zero-order chi connectivity index (χ0) is 7.78. The summed E-state index contributed by atoms with van der Waals surface area (Å²) in [4.78, 5) is 21.1. The lowest BCUT2D eigenvalue weighted by Crippen LogP contribution is -2.33. The Morgan fingerprint density at radius 3 is 2.10 bits per heavy atom. The molecule has 0 aliphatic heterocycles. The third kappa shape index (κ3) is 0.903. The van der Waals surface area contributed by atoms with Crippen molar-refractivity contribution in [2.75, 3.05) is 6.61 Å². The number of aliphatic hydroxyl groups is 1. The van der Waals surface area contributed by atoms with Crippen LogP contribution in [0.5, 0.6) is 0 Å². The first-order chi connectivity index (χ1) is 4.62. The average Bonchev–Trinajstić information content (AvgIpc) is 2.66. The van der Waals surface area contributed by atoms with Gasteiger partial charge in [-0.3, -0.25) is 9.59 Å². The van der Waals surface area contributed by atoms with E-state index in [2.05, 4.69) is 0 Å². The fraction of sp³-hybridized carbons (Fsp3) is 0.667. The Hall–Kier alpha value is -0.900. The number of rotatable bonds is 3. The van der Waals surface area contributed by atoms with Gasteiger partial charge in [-0.2, -0.15) is 0 Å². The first-order valence-corrected chi connectivity index (χ1v) is 3.07. The lowest BCUT2D eigenvalue weighted by molar-refractivity contribution is -0.140. The van der Waals surface area contributed by atoms with Gasteiger partial charge in [-0.05, 0) is 12.8 Å². The number of ketones is 1. The molecule has 1 rings (SSSR count). The van der Waals surface area contributed by atoms with Crippen LogP contribution >= 0.6 is 0 Å². The minimum absolute atomic E-state index is 0.255. The van der Waals surface area contributed by atoms with Crippen LogP contribution in [-0.4, -0.2) is 23.4 Å². The van der Waals surface area contributed by atoms with Crippen LogP contribution in [0.25, 0.3) is 0 Å². The molecular formula is C6H9NO3. The van der Waals surface area contributed by atoms with E-state index in [1.54, 1.807) is 0 Å². The fourth-order valence-electron chi connectivity index (χ4n) is 0.869.